The highest BCUT2D eigenvalue weighted by Crippen LogP contribution is 2.22. The van der Waals surface area contributed by atoms with Gasteiger partial charge in [0.1, 0.15) is 11.7 Å². The van der Waals surface area contributed by atoms with Crippen LogP contribution in [0.4, 0.5) is 11.5 Å². The first-order valence-electron chi connectivity index (χ1n) is 6.26. The van der Waals surface area contributed by atoms with Crippen molar-refractivity contribution in [2.45, 2.75) is 19.8 Å². The zero-order valence-corrected chi connectivity index (χ0v) is 11.3. The Labute approximate surface area is 112 Å². The standard InChI is InChI=1S/C13H18ClN3O/c1-10-4-6-17(7-5-10)12-3-2-11(9-15-12)16-13(18)8-14/h2-3,9-10H,4-8H2,1H3,(H,16,18). The second kappa shape index (κ2) is 6.05. The van der Waals surface area contributed by atoms with Gasteiger partial charge in [-0.1, -0.05) is 6.92 Å². The Morgan fingerprint density at radius 2 is 2.22 bits per heavy atom. The number of hydrogen-bond donors (Lipinski definition) is 1. The molecule has 4 nitrogen and oxygen atoms in total. The molecule has 1 aliphatic rings. The minimum atomic E-state index is -0.210. The Bertz CT molecular complexity index is 399. The molecule has 98 valence electrons. The largest absolute Gasteiger partial charge is 0.357 e. The van der Waals surface area contributed by atoms with Gasteiger partial charge in [0.2, 0.25) is 5.91 Å². The number of pyridine rings is 1. The lowest BCUT2D eigenvalue weighted by Gasteiger charge is -2.31. The molecule has 0 unspecified atom stereocenters. The van der Waals surface area contributed by atoms with Crippen LogP contribution in [0.25, 0.3) is 0 Å². The van der Waals surface area contributed by atoms with Gasteiger partial charge in [-0.25, -0.2) is 4.98 Å². The maximum absolute atomic E-state index is 11.1. The van der Waals surface area contributed by atoms with Crippen molar-refractivity contribution in [1.29, 1.82) is 0 Å². The summed E-state index contributed by atoms with van der Waals surface area (Å²) in [6.45, 7) is 4.40. The van der Waals surface area contributed by atoms with Crippen molar-refractivity contribution in [3.05, 3.63) is 18.3 Å². The monoisotopic (exact) mass is 267 g/mol. The summed E-state index contributed by atoms with van der Waals surface area (Å²) in [7, 11) is 0. The van der Waals surface area contributed by atoms with E-state index in [0.29, 0.717) is 5.69 Å². The van der Waals surface area contributed by atoms with Crippen LogP contribution in [0.2, 0.25) is 0 Å². The normalized spacial score (nSPS) is 16.7. The van der Waals surface area contributed by atoms with Crippen LogP contribution in [-0.2, 0) is 4.79 Å². The van der Waals surface area contributed by atoms with Crippen molar-refractivity contribution in [2.24, 2.45) is 5.92 Å². The van der Waals surface area contributed by atoms with Crippen LogP contribution in [-0.4, -0.2) is 29.9 Å². The third-order valence-electron chi connectivity index (χ3n) is 3.26. The maximum atomic E-state index is 11.1. The topological polar surface area (TPSA) is 45.2 Å². The van der Waals surface area contributed by atoms with Crippen molar-refractivity contribution in [1.82, 2.24) is 4.98 Å². The van der Waals surface area contributed by atoms with E-state index >= 15 is 0 Å². The molecule has 0 aliphatic carbocycles. The third-order valence-corrected chi connectivity index (χ3v) is 3.50. The number of carbonyl (C=O) groups is 1. The second-order valence-corrected chi connectivity index (χ2v) is 5.02. The number of halogens is 1. The molecular weight excluding hydrogens is 250 g/mol. The molecule has 1 aliphatic heterocycles. The lowest BCUT2D eigenvalue weighted by molar-refractivity contribution is -0.113. The van der Waals surface area contributed by atoms with Crippen LogP contribution >= 0.6 is 11.6 Å². The molecule has 0 saturated carbocycles. The van der Waals surface area contributed by atoms with E-state index in [9.17, 15) is 4.79 Å². The van der Waals surface area contributed by atoms with E-state index in [1.807, 2.05) is 12.1 Å². The molecule has 1 aromatic rings. The number of amides is 1. The van der Waals surface area contributed by atoms with Gasteiger partial charge >= 0.3 is 0 Å². The summed E-state index contributed by atoms with van der Waals surface area (Å²) in [5, 5.41) is 2.68. The molecule has 0 spiro atoms. The van der Waals surface area contributed by atoms with Crippen molar-refractivity contribution in [3.63, 3.8) is 0 Å². The van der Waals surface area contributed by atoms with E-state index in [2.05, 4.69) is 22.1 Å². The van der Waals surface area contributed by atoms with E-state index in [4.69, 9.17) is 11.6 Å². The number of nitrogens with one attached hydrogen (secondary N) is 1. The van der Waals surface area contributed by atoms with Crippen molar-refractivity contribution < 1.29 is 4.79 Å². The van der Waals surface area contributed by atoms with Gasteiger partial charge in [-0.3, -0.25) is 4.79 Å². The number of hydrogen-bond acceptors (Lipinski definition) is 3. The van der Waals surface area contributed by atoms with Gasteiger partial charge in [-0.15, -0.1) is 11.6 Å². The van der Waals surface area contributed by atoms with Gasteiger partial charge in [0.05, 0.1) is 11.9 Å². The highest BCUT2D eigenvalue weighted by atomic mass is 35.5. The smallest absolute Gasteiger partial charge is 0.239 e. The fraction of sp³-hybridized carbons (Fsp3) is 0.538. The van der Waals surface area contributed by atoms with Gasteiger partial charge in [0, 0.05) is 13.1 Å². The third kappa shape index (κ3) is 3.35. The number of rotatable bonds is 3. The summed E-state index contributed by atoms with van der Waals surface area (Å²) in [6, 6.07) is 3.81. The van der Waals surface area contributed by atoms with Crippen molar-refractivity contribution >= 4 is 29.0 Å². The lowest BCUT2D eigenvalue weighted by Crippen LogP contribution is -2.33. The average Bonchev–Trinajstić information content (AvgIpc) is 2.40. The molecule has 2 heterocycles. The highest BCUT2D eigenvalue weighted by molar-refractivity contribution is 6.29. The summed E-state index contributed by atoms with van der Waals surface area (Å²) < 4.78 is 0. The molecule has 0 aromatic carbocycles. The first-order chi connectivity index (χ1) is 8.69. The van der Waals surface area contributed by atoms with Crippen molar-refractivity contribution in [3.8, 4) is 0 Å². The minimum absolute atomic E-state index is 0.0359. The van der Waals surface area contributed by atoms with Crippen LogP contribution in [0.5, 0.6) is 0 Å². The predicted octanol–water partition coefficient (Wildman–Crippen LogP) is 2.50. The minimum Gasteiger partial charge on any atom is -0.357 e. The van der Waals surface area contributed by atoms with E-state index in [0.717, 1.165) is 24.8 Å². The van der Waals surface area contributed by atoms with Gasteiger partial charge in [0.15, 0.2) is 0 Å². The van der Waals surface area contributed by atoms with Crippen molar-refractivity contribution in [2.75, 3.05) is 29.2 Å². The Kier molecular flexibility index (Phi) is 4.42. The Morgan fingerprint density at radius 1 is 1.50 bits per heavy atom. The quantitative estimate of drug-likeness (QED) is 0.856. The maximum Gasteiger partial charge on any atom is 0.239 e. The molecule has 0 bridgehead atoms. The molecule has 2 rings (SSSR count). The van der Waals surface area contributed by atoms with Crippen LogP contribution < -0.4 is 10.2 Å². The highest BCUT2D eigenvalue weighted by Gasteiger charge is 2.16. The number of nitrogens with zero attached hydrogens (tertiary/aromatic N) is 2. The summed E-state index contributed by atoms with van der Waals surface area (Å²) in [5.41, 5.74) is 0.690. The molecule has 1 N–H and O–H groups in total. The SMILES string of the molecule is CC1CCN(c2ccc(NC(=O)CCl)cn2)CC1. The average molecular weight is 268 g/mol. The molecule has 0 radical (unpaired) electrons. The molecule has 18 heavy (non-hydrogen) atoms. The zero-order chi connectivity index (χ0) is 13.0. The first-order valence-corrected chi connectivity index (χ1v) is 6.79. The predicted molar refractivity (Wildman–Crippen MR) is 74.2 cm³/mol. The van der Waals surface area contributed by atoms with Crippen LogP contribution in [0.3, 0.4) is 0 Å². The first kappa shape index (κ1) is 13.1. The Hall–Kier alpha value is -1.29. The van der Waals surface area contributed by atoms with E-state index in [1.165, 1.54) is 12.8 Å². The summed E-state index contributed by atoms with van der Waals surface area (Å²) in [6.07, 6.45) is 4.11. The summed E-state index contributed by atoms with van der Waals surface area (Å²) in [4.78, 5) is 17.8. The van der Waals surface area contributed by atoms with E-state index < -0.39 is 0 Å². The molecule has 0 atom stereocenters. The zero-order valence-electron chi connectivity index (χ0n) is 10.5. The number of anilines is 2. The number of carbonyl (C=O) groups excluding carboxylic acids is 1. The van der Waals surface area contributed by atoms with Gasteiger partial charge in [0.25, 0.3) is 0 Å². The van der Waals surface area contributed by atoms with E-state index in [1.54, 1.807) is 6.20 Å². The second-order valence-electron chi connectivity index (χ2n) is 4.76. The molecule has 1 saturated heterocycles. The fourth-order valence-corrected chi connectivity index (χ4v) is 2.15. The fourth-order valence-electron chi connectivity index (χ4n) is 2.08. The summed E-state index contributed by atoms with van der Waals surface area (Å²) >= 11 is 5.43. The number of piperidine rings is 1. The molecule has 1 fully saturated rings. The lowest BCUT2D eigenvalue weighted by atomic mass is 9.99. The molecule has 1 amide bonds. The Balaban J connectivity index is 1.97. The van der Waals surface area contributed by atoms with Crippen LogP contribution in [0.15, 0.2) is 18.3 Å². The van der Waals surface area contributed by atoms with Gasteiger partial charge < -0.3 is 10.2 Å². The molecular formula is C13H18ClN3O. The molecule has 1 aromatic heterocycles. The summed E-state index contributed by atoms with van der Waals surface area (Å²) in [5.74, 6) is 1.54. The molecule has 5 heteroatoms. The van der Waals surface area contributed by atoms with Gasteiger partial charge in [-0.05, 0) is 30.9 Å². The number of alkyl halides is 1. The van der Waals surface area contributed by atoms with E-state index in [-0.39, 0.29) is 11.8 Å². The van der Waals surface area contributed by atoms with Crippen LogP contribution in [0, 0.1) is 5.92 Å². The van der Waals surface area contributed by atoms with Gasteiger partial charge in [-0.2, -0.15) is 0 Å². The Morgan fingerprint density at radius 3 is 2.78 bits per heavy atom. The van der Waals surface area contributed by atoms with Crippen LogP contribution in [0.1, 0.15) is 19.8 Å². The number of aromatic nitrogens is 1.